The summed E-state index contributed by atoms with van der Waals surface area (Å²) in [7, 11) is 0. The van der Waals surface area contributed by atoms with Crippen molar-refractivity contribution in [2.24, 2.45) is 0 Å². The lowest BCUT2D eigenvalue weighted by Gasteiger charge is -2.20. The smallest absolute Gasteiger partial charge is 0.100 e. The molecule has 0 aromatic heterocycles. The van der Waals surface area contributed by atoms with Crippen molar-refractivity contribution in [2.45, 2.75) is 33.7 Å². The fourth-order valence-electron chi connectivity index (χ4n) is 3.70. The minimum absolute atomic E-state index is 0.713. The minimum atomic E-state index is 0.713. The monoisotopic (exact) mass is 411 g/mol. The fraction of sp³-hybridized carbons (Fsp3) is 0.214. The Balaban J connectivity index is 1.74. The van der Waals surface area contributed by atoms with Crippen molar-refractivity contribution in [3.05, 3.63) is 108 Å². The van der Waals surface area contributed by atoms with E-state index in [-0.39, 0.29) is 0 Å². The number of anilines is 1. The number of nitrogens with one attached hydrogen (secondary N) is 3. The summed E-state index contributed by atoms with van der Waals surface area (Å²) < 4.78 is 0. The van der Waals surface area contributed by atoms with Gasteiger partial charge in [0.2, 0.25) is 0 Å². The Kier molecular flexibility index (Phi) is 7.69. The SMILES string of the molecule is C=C(NC(=C)c1ccc(CNCC)cc1)Nc1c(CC)ccc(-c2ccccc2)c1C. The average molecular weight is 412 g/mol. The van der Waals surface area contributed by atoms with Crippen LogP contribution in [0.4, 0.5) is 5.69 Å². The summed E-state index contributed by atoms with van der Waals surface area (Å²) in [5.74, 6) is 0.713. The summed E-state index contributed by atoms with van der Waals surface area (Å²) in [6.07, 6.45) is 0.944. The first kappa shape index (κ1) is 22.4. The minimum Gasteiger partial charge on any atom is -0.342 e. The van der Waals surface area contributed by atoms with Gasteiger partial charge in [-0.2, -0.15) is 0 Å². The molecule has 3 N–H and O–H groups in total. The van der Waals surface area contributed by atoms with Crippen LogP contribution in [0.25, 0.3) is 16.8 Å². The molecule has 0 radical (unpaired) electrons. The number of aryl methyl sites for hydroxylation is 1. The molecular formula is C28H33N3. The molecule has 3 aromatic rings. The molecule has 160 valence electrons. The molecule has 3 nitrogen and oxygen atoms in total. The van der Waals surface area contributed by atoms with Crippen LogP contribution >= 0.6 is 0 Å². The lowest BCUT2D eigenvalue weighted by molar-refractivity contribution is 0.727. The van der Waals surface area contributed by atoms with Gasteiger partial charge in [-0.3, -0.25) is 0 Å². The Morgan fingerprint density at radius 2 is 1.58 bits per heavy atom. The zero-order chi connectivity index (χ0) is 22.2. The van der Waals surface area contributed by atoms with Crippen molar-refractivity contribution in [1.82, 2.24) is 10.6 Å². The van der Waals surface area contributed by atoms with Crippen LogP contribution in [0.3, 0.4) is 0 Å². The first-order valence-electron chi connectivity index (χ1n) is 10.9. The number of rotatable bonds is 10. The van der Waals surface area contributed by atoms with Gasteiger partial charge in [-0.15, -0.1) is 0 Å². The van der Waals surface area contributed by atoms with Crippen molar-refractivity contribution >= 4 is 11.4 Å². The van der Waals surface area contributed by atoms with E-state index >= 15 is 0 Å². The van der Waals surface area contributed by atoms with Crippen LogP contribution in [-0.4, -0.2) is 6.54 Å². The largest absolute Gasteiger partial charge is 0.342 e. The maximum Gasteiger partial charge on any atom is 0.100 e. The first-order valence-corrected chi connectivity index (χ1v) is 10.9. The van der Waals surface area contributed by atoms with Gasteiger partial charge >= 0.3 is 0 Å². The summed E-state index contributed by atoms with van der Waals surface area (Å²) in [4.78, 5) is 0. The van der Waals surface area contributed by atoms with Gasteiger partial charge in [0.15, 0.2) is 0 Å². The standard InChI is InChI=1S/C28H33N3/c1-6-24-17-18-27(26-11-9-8-10-12-26)20(3)28(24)31-22(5)30-21(4)25-15-13-23(14-16-25)19-29-7-2/h8-18,29-31H,4-7,19H2,1-3H3. The third-order valence-electron chi connectivity index (χ3n) is 5.48. The van der Waals surface area contributed by atoms with Gasteiger partial charge in [-0.25, -0.2) is 0 Å². The molecule has 0 heterocycles. The second kappa shape index (κ2) is 10.6. The number of hydrogen-bond donors (Lipinski definition) is 3. The molecule has 0 aliphatic heterocycles. The molecule has 3 rings (SSSR count). The third-order valence-corrected chi connectivity index (χ3v) is 5.48. The van der Waals surface area contributed by atoms with E-state index in [1.54, 1.807) is 0 Å². The van der Waals surface area contributed by atoms with E-state index in [2.05, 4.69) is 111 Å². The molecule has 0 atom stereocenters. The highest BCUT2D eigenvalue weighted by molar-refractivity contribution is 5.77. The van der Waals surface area contributed by atoms with Crippen LogP contribution in [0, 0.1) is 6.92 Å². The Bertz CT molecular complexity index is 1030. The van der Waals surface area contributed by atoms with Crippen molar-refractivity contribution in [3.63, 3.8) is 0 Å². The highest BCUT2D eigenvalue weighted by Crippen LogP contribution is 2.32. The molecule has 0 unspecified atom stereocenters. The molecule has 3 heteroatoms. The van der Waals surface area contributed by atoms with Crippen molar-refractivity contribution in [3.8, 4) is 11.1 Å². The van der Waals surface area contributed by atoms with Gasteiger partial charge < -0.3 is 16.0 Å². The predicted molar refractivity (Wildman–Crippen MR) is 135 cm³/mol. The lowest BCUT2D eigenvalue weighted by atomic mass is 9.95. The van der Waals surface area contributed by atoms with Gasteiger partial charge in [0.05, 0.1) is 0 Å². The molecule has 0 aliphatic rings. The quantitative estimate of drug-likeness (QED) is 0.357. The molecule has 0 saturated heterocycles. The van der Waals surface area contributed by atoms with Crippen LogP contribution in [0.5, 0.6) is 0 Å². The normalized spacial score (nSPS) is 10.5. The van der Waals surface area contributed by atoms with Crippen LogP contribution < -0.4 is 16.0 Å². The summed E-state index contributed by atoms with van der Waals surface area (Å²) in [5, 5.41) is 10.2. The zero-order valence-electron chi connectivity index (χ0n) is 18.9. The number of benzene rings is 3. The third kappa shape index (κ3) is 5.65. The summed E-state index contributed by atoms with van der Waals surface area (Å²) in [5.41, 5.74) is 9.16. The van der Waals surface area contributed by atoms with Crippen LogP contribution in [0.15, 0.2) is 85.7 Å². The van der Waals surface area contributed by atoms with E-state index in [4.69, 9.17) is 0 Å². The highest BCUT2D eigenvalue weighted by Gasteiger charge is 2.12. The summed E-state index contributed by atoms with van der Waals surface area (Å²) in [6, 6.07) is 23.3. The molecule has 3 aromatic carbocycles. The Morgan fingerprint density at radius 3 is 2.23 bits per heavy atom. The second-order valence-corrected chi connectivity index (χ2v) is 7.68. The maximum absolute atomic E-state index is 4.20. The van der Waals surface area contributed by atoms with E-state index in [1.807, 2.05) is 6.07 Å². The van der Waals surface area contributed by atoms with Gasteiger partial charge in [0.1, 0.15) is 5.82 Å². The van der Waals surface area contributed by atoms with Crippen LogP contribution in [0.2, 0.25) is 0 Å². The molecular weight excluding hydrogens is 378 g/mol. The van der Waals surface area contributed by atoms with Crippen molar-refractivity contribution in [1.29, 1.82) is 0 Å². The van der Waals surface area contributed by atoms with E-state index < -0.39 is 0 Å². The van der Waals surface area contributed by atoms with Crippen molar-refractivity contribution in [2.75, 3.05) is 11.9 Å². The van der Waals surface area contributed by atoms with E-state index in [9.17, 15) is 0 Å². The first-order chi connectivity index (χ1) is 15.0. The topological polar surface area (TPSA) is 36.1 Å². The fourth-order valence-corrected chi connectivity index (χ4v) is 3.70. The molecule has 31 heavy (non-hydrogen) atoms. The Hall–Kier alpha value is -3.30. The van der Waals surface area contributed by atoms with Gasteiger partial charge in [-0.1, -0.05) is 93.7 Å². The van der Waals surface area contributed by atoms with Gasteiger partial charge in [0.25, 0.3) is 0 Å². The molecule has 0 saturated carbocycles. The van der Waals surface area contributed by atoms with E-state index in [0.29, 0.717) is 5.82 Å². The maximum atomic E-state index is 4.20. The second-order valence-electron chi connectivity index (χ2n) is 7.68. The van der Waals surface area contributed by atoms with Gasteiger partial charge in [-0.05, 0) is 53.3 Å². The van der Waals surface area contributed by atoms with E-state index in [0.717, 1.165) is 36.5 Å². The molecule has 0 bridgehead atoms. The molecule has 0 aliphatic carbocycles. The van der Waals surface area contributed by atoms with Crippen LogP contribution in [0.1, 0.15) is 36.1 Å². The molecule has 0 fully saturated rings. The van der Waals surface area contributed by atoms with E-state index in [1.165, 1.54) is 27.8 Å². The average Bonchev–Trinajstić information content (AvgIpc) is 2.79. The molecule has 0 amide bonds. The summed E-state index contributed by atoms with van der Waals surface area (Å²) >= 11 is 0. The van der Waals surface area contributed by atoms with Crippen molar-refractivity contribution < 1.29 is 0 Å². The molecule has 0 spiro atoms. The lowest BCUT2D eigenvalue weighted by Crippen LogP contribution is -2.18. The van der Waals surface area contributed by atoms with Gasteiger partial charge in [0, 0.05) is 17.9 Å². The Labute approximate surface area is 186 Å². The van der Waals surface area contributed by atoms with Crippen LogP contribution in [-0.2, 0) is 13.0 Å². The summed E-state index contributed by atoms with van der Waals surface area (Å²) in [6.45, 7) is 16.7. The number of hydrogen-bond acceptors (Lipinski definition) is 3. The highest BCUT2D eigenvalue weighted by atomic mass is 15.1. The predicted octanol–water partition coefficient (Wildman–Crippen LogP) is 6.48. The zero-order valence-corrected chi connectivity index (χ0v) is 18.9. The Morgan fingerprint density at radius 1 is 0.871 bits per heavy atom.